The molecule has 1 saturated carbocycles. The molecular formula is C21H30. The Labute approximate surface area is 131 Å². The van der Waals surface area contributed by atoms with Gasteiger partial charge in [-0.25, -0.2) is 0 Å². The van der Waals surface area contributed by atoms with Gasteiger partial charge in [-0.2, -0.15) is 0 Å². The highest BCUT2D eigenvalue weighted by Gasteiger charge is 2.33. The molecule has 0 amide bonds. The molecule has 2 atom stereocenters. The molecule has 0 bridgehead atoms. The molecule has 0 radical (unpaired) electrons. The molecule has 0 aromatic heterocycles. The molecule has 0 spiro atoms. The Hall–Kier alpha value is -1.56. The Kier molecular flexibility index (Phi) is 7.22. The van der Waals surface area contributed by atoms with Crippen LogP contribution in [0.25, 0.3) is 0 Å². The minimum absolute atomic E-state index is 0.870. The highest BCUT2D eigenvalue weighted by Crippen LogP contribution is 2.46. The van der Waals surface area contributed by atoms with Gasteiger partial charge < -0.3 is 0 Å². The van der Waals surface area contributed by atoms with Crippen LogP contribution in [0.3, 0.4) is 0 Å². The maximum atomic E-state index is 2.33. The highest BCUT2D eigenvalue weighted by molar-refractivity contribution is 5.29. The third-order valence-corrected chi connectivity index (χ3v) is 3.75. The second-order valence-corrected chi connectivity index (χ2v) is 5.89. The van der Waals surface area contributed by atoms with Gasteiger partial charge in [0.05, 0.1) is 0 Å². The molecule has 1 aliphatic rings. The Morgan fingerprint density at radius 3 is 1.52 bits per heavy atom. The normalized spacial score (nSPS) is 18.8. The molecule has 0 heterocycles. The van der Waals surface area contributed by atoms with Crippen molar-refractivity contribution in [2.24, 2.45) is 5.92 Å². The van der Waals surface area contributed by atoms with E-state index >= 15 is 0 Å². The summed E-state index contributed by atoms with van der Waals surface area (Å²) in [5, 5.41) is 0. The Balaban J connectivity index is 0.000000196. The molecule has 0 aliphatic heterocycles. The fourth-order valence-corrected chi connectivity index (χ4v) is 2.49. The first kappa shape index (κ1) is 17.5. The van der Waals surface area contributed by atoms with Gasteiger partial charge in [-0.3, -0.25) is 0 Å². The topological polar surface area (TPSA) is 0 Å². The van der Waals surface area contributed by atoms with Crippen LogP contribution in [0.1, 0.15) is 55.4 Å². The van der Waals surface area contributed by atoms with Gasteiger partial charge in [0, 0.05) is 0 Å². The summed E-state index contributed by atoms with van der Waals surface area (Å²) < 4.78 is 0. The first-order chi connectivity index (χ1) is 10.1. The van der Waals surface area contributed by atoms with Crippen molar-refractivity contribution < 1.29 is 0 Å². The predicted molar refractivity (Wildman–Crippen MR) is 95.0 cm³/mol. The van der Waals surface area contributed by atoms with Gasteiger partial charge in [0.25, 0.3) is 0 Å². The van der Waals surface area contributed by atoms with Crippen LogP contribution < -0.4 is 0 Å². The van der Waals surface area contributed by atoms with Crippen molar-refractivity contribution in [2.75, 3.05) is 0 Å². The van der Waals surface area contributed by atoms with Crippen LogP contribution in [0.15, 0.2) is 48.5 Å². The zero-order valence-electron chi connectivity index (χ0n) is 14.5. The minimum atomic E-state index is 0.870. The molecule has 1 aliphatic carbocycles. The molecule has 2 aromatic rings. The van der Waals surface area contributed by atoms with Crippen LogP contribution in [0.4, 0.5) is 0 Å². The number of hydrogen-bond acceptors (Lipinski definition) is 0. The monoisotopic (exact) mass is 282 g/mol. The molecule has 1 fully saturated rings. The fourth-order valence-electron chi connectivity index (χ4n) is 2.49. The lowest BCUT2D eigenvalue weighted by atomic mass is 10.1. The summed E-state index contributed by atoms with van der Waals surface area (Å²) in [7, 11) is 0. The van der Waals surface area contributed by atoms with Crippen molar-refractivity contribution in [2.45, 2.75) is 53.9 Å². The van der Waals surface area contributed by atoms with Gasteiger partial charge in [0.1, 0.15) is 0 Å². The Bertz CT molecular complexity index is 522. The van der Waals surface area contributed by atoms with E-state index in [4.69, 9.17) is 0 Å². The standard InChI is InChI=1S/C11H14.C8H10.C2H6/c1-8-4-3-5-10(6-8)11-7-9(11)2;1-7-4-3-5-8(2)6-7;1-2/h3-6,9,11H,7H2,1-2H3;3-6H,1-2H3;1-2H3. The van der Waals surface area contributed by atoms with E-state index in [0.29, 0.717) is 0 Å². The van der Waals surface area contributed by atoms with Gasteiger partial charge in [-0.05, 0) is 44.6 Å². The summed E-state index contributed by atoms with van der Waals surface area (Å²) in [6.45, 7) is 12.7. The van der Waals surface area contributed by atoms with Gasteiger partial charge in [0.2, 0.25) is 0 Å². The molecule has 0 heteroatoms. The molecule has 21 heavy (non-hydrogen) atoms. The van der Waals surface area contributed by atoms with Gasteiger partial charge >= 0.3 is 0 Å². The molecule has 114 valence electrons. The number of aryl methyl sites for hydroxylation is 3. The highest BCUT2D eigenvalue weighted by atomic mass is 14.4. The Morgan fingerprint density at radius 1 is 0.762 bits per heavy atom. The zero-order chi connectivity index (χ0) is 15.8. The molecule has 0 N–H and O–H groups in total. The van der Waals surface area contributed by atoms with E-state index in [9.17, 15) is 0 Å². The lowest BCUT2D eigenvalue weighted by Crippen LogP contribution is -1.81. The van der Waals surface area contributed by atoms with E-state index in [1.54, 1.807) is 0 Å². The van der Waals surface area contributed by atoms with Crippen molar-refractivity contribution >= 4 is 0 Å². The minimum Gasteiger partial charge on any atom is -0.0683 e. The Morgan fingerprint density at radius 2 is 1.19 bits per heavy atom. The van der Waals surface area contributed by atoms with Crippen molar-refractivity contribution in [3.05, 3.63) is 70.8 Å². The lowest BCUT2D eigenvalue weighted by Gasteiger charge is -1.98. The third-order valence-electron chi connectivity index (χ3n) is 3.75. The summed E-state index contributed by atoms with van der Waals surface area (Å²) >= 11 is 0. The first-order valence-corrected chi connectivity index (χ1v) is 8.16. The molecule has 2 unspecified atom stereocenters. The van der Waals surface area contributed by atoms with E-state index in [1.807, 2.05) is 13.8 Å². The average molecular weight is 282 g/mol. The summed E-state index contributed by atoms with van der Waals surface area (Å²) in [5.74, 6) is 1.80. The summed E-state index contributed by atoms with van der Waals surface area (Å²) in [4.78, 5) is 0. The second-order valence-electron chi connectivity index (χ2n) is 5.89. The maximum Gasteiger partial charge on any atom is -0.0133 e. The fraction of sp³-hybridized carbons (Fsp3) is 0.429. The number of rotatable bonds is 1. The SMILES string of the molecule is CC.Cc1cccc(C)c1.Cc1cccc(C2CC2C)c1. The van der Waals surface area contributed by atoms with Crippen molar-refractivity contribution in [1.82, 2.24) is 0 Å². The third kappa shape index (κ3) is 6.16. The van der Waals surface area contributed by atoms with Crippen LogP contribution in [0.5, 0.6) is 0 Å². The second kappa shape index (κ2) is 8.67. The van der Waals surface area contributed by atoms with Gasteiger partial charge in [0.15, 0.2) is 0 Å². The zero-order valence-corrected chi connectivity index (χ0v) is 14.5. The van der Waals surface area contributed by atoms with Crippen LogP contribution in [-0.4, -0.2) is 0 Å². The van der Waals surface area contributed by atoms with E-state index in [0.717, 1.165) is 11.8 Å². The van der Waals surface area contributed by atoms with Crippen molar-refractivity contribution in [3.63, 3.8) is 0 Å². The van der Waals surface area contributed by atoms with Crippen LogP contribution in [0.2, 0.25) is 0 Å². The van der Waals surface area contributed by atoms with Crippen LogP contribution in [-0.2, 0) is 0 Å². The van der Waals surface area contributed by atoms with E-state index < -0.39 is 0 Å². The van der Waals surface area contributed by atoms with Crippen LogP contribution >= 0.6 is 0 Å². The van der Waals surface area contributed by atoms with E-state index in [2.05, 4.69) is 76.2 Å². The quantitative estimate of drug-likeness (QED) is 0.564. The van der Waals surface area contributed by atoms with Crippen molar-refractivity contribution in [3.8, 4) is 0 Å². The van der Waals surface area contributed by atoms with Crippen LogP contribution in [0, 0.1) is 26.7 Å². The number of hydrogen-bond donors (Lipinski definition) is 0. The van der Waals surface area contributed by atoms with Gasteiger partial charge in [-0.15, -0.1) is 0 Å². The molecular weight excluding hydrogens is 252 g/mol. The van der Waals surface area contributed by atoms with Gasteiger partial charge in [-0.1, -0.05) is 86.0 Å². The van der Waals surface area contributed by atoms with Crippen molar-refractivity contribution in [1.29, 1.82) is 0 Å². The molecule has 2 aromatic carbocycles. The average Bonchev–Trinajstić information content (AvgIpc) is 3.19. The largest absolute Gasteiger partial charge is 0.0683 e. The summed E-state index contributed by atoms with van der Waals surface area (Å²) in [5.41, 5.74) is 5.61. The molecule has 0 nitrogen and oxygen atoms in total. The number of benzene rings is 2. The lowest BCUT2D eigenvalue weighted by molar-refractivity contribution is 0.913. The smallest absolute Gasteiger partial charge is 0.0133 e. The summed E-state index contributed by atoms with van der Waals surface area (Å²) in [6, 6.07) is 17.3. The van der Waals surface area contributed by atoms with E-state index in [-0.39, 0.29) is 0 Å². The predicted octanol–water partition coefficient (Wildman–Crippen LogP) is 6.45. The maximum absolute atomic E-state index is 2.33. The van der Waals surface area contributed by atoms with E-state index in [1.165, 1.54) is 28.7 Å². The first-order valence-electron chi connectivity index (χ1n) is 8.16. The summed E-state index contributed by atoms with van der Waals surface area (Å²) in [6.07, 6.45) is 1.39. The molecule has 3 rings (SSSR count). The molecule has 0 saturated heterocycles.